The molecule has 2 aromatic carbocycles. The largest absolute Gasteiger partial charge is 0.493 e. The molecule has 1 fully saturated rings. The molecule has 0 radical (unpaired) electrons. The molecule has 1 saturated heterocycles. The van der Waals surface area contributed by atoms with Crippen LogP contribution in [0, 0.1) is 0 Å². The predicted octanol–water partition coefficient (Wildman–Crippen LogP) is 4.14. The Balaban J connectivity index is 1.58. The van der Waals surface area contributed by atoms with E-state index in [2.05, 4.69) is 29.2 Å². The molecule has 1 amide bonds. The quantitative estimate of drug-likeness (QED) is 0.648. The Morgan fingerprint density at radius 3 is 2.48 bits per heavy atom. The lowest BCUT2D eigenvalue weighted by molar-refractivity contribution is 0.0638. The smallest absolute Gasteiger partial charge is 0.254 e. The van der Waals surface area contributed by atoms with Crippen molar-refractivity contribution in [2.45, 2.75) is 19.8 Å². The Labute approximate surface area is 178 Å². The summed E-state index contributed by atoms with van der Waals surface area (Å²) < 4.78 is 11.1. The van der Waals surface area contributed by atoms with Gasteiger partial charge in [0, 0.05) is 38.3 Å². The molecular formula is C23H29ClN2O3. The number of nitrogens with zero attached hydrogens (tertiary/aromatic N) is 2. The molecule has 2 aromatic rings. The van der Waals surface area contributed by atoms with Crippen molar-refractivity contribution < 1.29 is 14.3 Å². The van der Waals surface area contributed by atoms with Crippen LogP contribution < -0.4 is 9.47 Å². The van der Waals surface area contributed by atoms with Crippen molar-refractivity contribution in [1.82, 2.24) is 9.80 Å². The van der Waals surface area contributed by atoms with Crippen LogP contribution in [0.2, 0.25) is 5.02 Å². The standard InChI is InChI=1S/C23H29ClN2O3/c1-3-15-29-22-20(24)16-19(17-21(22)28-2)23(27)26-13-11-25(12-14-26)10-9-18-7-5-4-6-8-18/h4-8,16-17H,3,9-15H2,1-2H3. The van der Waals surface area contributed by atoms with Crippen LogP contribution in [0.25, 0.3) is 0 Å². The highest BCUT2D eigenvalue weighted by molar-refractivity contribution is 6.32. The average molecular weight is 417 g/mol. The third-order valence-corrected chi connectivity index (χ3v) is 5.43. The number of rotatable bonds is 8. The van der Waals surface area contributed by atoms with E-state index in [0.29, 0.717) is 41.8 Å². The molecule has 0 aromatic heterocycles. The number of amides is 1. The van der Waals surface area contributed by atoms with Gasteiger partial charge in [0.25, 0.3) is 5.91 Å². The van der Waals surface area contributed by atoms with E-state index in [4.69, 9.17) is 21.1 Å². The van der Waals surface area contributed by atoms with Crippen LogP contribution in [-0.2, 0) is 6.42 Å². The zero-order chi connectivity index (χ0) is 20.6. The minimum absolute atomic E-state index is 0.0186. The van der Waals surface area contributed by atoms with E-state index in [1.165, 1.54) is 5.56 Å². The Hall–Kier alpha value is -2.24. The van der Waals surface area contributed by atoms with E-state index in [1.807, 2.05) is 17.9 Å². The summed E-state index contributed by atoms with van der Waals surface area (Å²) in [6.07, 6.45) is 1.90. The summed E-state index contributed by atoms with van der Waals surface area (Å²) in [4.78, 5) is 17.3. The first-order valence-electron chi connectivity index (χ1n) is 10.2. The summed E-state index contributed by atoms with van der Waals surface area (Å²) in [7, 11) is 1.56. The van der Waals surface area contributed by atoms with Gasteiger partial charge in [-0.1, -0.05) is 48.9 Å². The molecule has 29 heavy (non-hydrogen) atoms. The summed E-state index contributed by atoms with van der Waals surface area (Å²) in [5, 5.41) is 0.405. The molecule has 0 saturated carbocycles. The first-order chi connectivity index (χ1) is 14.1. The van der Waals surface area contributed by atoms with Gasteiger partial charge in [-0.2, -0.15) is 0 Å². The van der Waals surface area contributed by atoms with E-state index in [0.717, 1.165) is 32.5 Å². The predicted molar refractivity (Wildman–Crippen MR) is 116 cm³/mol. The van der Waals surface area contributed by atoms with Crippen LogP contribution >= 0.6 is 11.6 Å². The van der Waals surface area contributed by atoms with Crippen LogP contribution in [0.15, 0.2) is 42.5 Å². The summed E-state index contributed by atoms with van der Waals surface area (Å²) in [5.74, 6) is 0.976. The van der Waals surface area contributed by atoms with Crippen molar-refractivity contribution in [2.75, 3.05) is 46.4 Å². The second kappa shape index (κ2) is 10.5. The minimum atomic E-state index is -0.0186. The number of carbonyl (C=O) groups is 1. The normalized spacial score (nSPS) is 14.7. The molecule has 0 spiro atoms. The molecule has 0 unspecified atom stereocenters. The van der Waals surface area contributed by atoms with Crippen LogP contribution in [0.3, 0.4) is 0 Å². The zero-order valence-electron chi connectivity index (χ0n) is 17.2. The molecule has 0 atom stereocenters. The Bertz CT molecular complexity index is 805. The number of ether oxygens (including phenoxy) is 2. The first-order valence-corrected chi connectivity index (χ1v) is 10.6. The summed E-state index contributed by atoms with van der Waals surface area (Å²) in [6.45, 7) is 6.76. The fraction of sp³-hybridized carbons (Fsp3) is 0.435. The van der Waals surface area contributed by atoms with Gasteiger partial charge in [0.1, 0.15) is 0 Å². The lowest BCUT2D eigenvalue weighted by atomic mass is 10.1. The number of carbonyl (C=O) groups excluding carboxylic acids is 1. The fourth-order valence-corrected chi connectivity index (χ4v) is 3.74. The molecule has 1 heterocycles. The Morgan fingerprint density at radius 2 is 1.83 bits per heavy atom. The van der Waals surface area contributed by atoms with Crippen molar-refractivity contribution >= 4 is 17.5 Å². The molecule has 0 bridgehead atoms. The van der Waals surface area contributed by atoms with Gasteiger partial charge < -0.3 is 14.4 Å². The molecule has 0 N–H and O–H groups in total. The highest BCUT2D eigenvalue weighted by Gasteiger charge is 2.24. The van der Waals surface area contributed by atoms with E-state index in [1.54, 1.807) is 19.2 Å². The van der Waals surface area contributed by atoms with Gasteiger partial charge in [-0.05, 0) is 30.5 Å². The highest BCUT2D eigenvalue weighted by Crippen LogP contribution is 2.37. The number of benzene rings is 2. The molecule has 5 nitrogen and oxygen atoms in total. The molecule has 3 rings (SSSR count). The van der Waals surface area contributed by atoms with Gasteiger partial charge in [-0.25, -0.2) is 0 Å². The monoisotopic (exact) mass is 416 g/mol. The van der Waals surface area contributed by atoms with Crippen LogP contribution in [-0.4, -0.2) is 62.1 Å². The molecule has 1 aliphatic heterocycles. The number of hydrogen-bond donors (Lipinski definition) is 0. The van der Waals surface area contributed by atoms with E-state index in [-0.39, 0.29) is 5.91 Å². The first kappa shape index (κ1) is 21.5. The second-order valence-electron chi connectivity index (χ2n) is 7.21. The minimum Gasteiger partial charge on any atom is -0.493 e. The topological polar surface area (TPSA) is 42.0 Å². The van der Waals surface area contributed by atoms with Crippen molar-refractivity contribution in [3.8, 4) is 11.5 Å². The van der Waals surface area contributed by atoms with Crippen molar-refractivity contribution in [2.24, 2.45) is 0 Å². The zero-order valence-corrected chi connectivity index (χ0v) is 18.0. The van der Waals surface area contributed by atoms with Gasteiger partial charge in [-0.3, -0.25) is 9.69 Å². The maximum Gasteiger partial charge on any atom is 0.254 e. The fourth-order valence-electron chi connectivity index (χ4n) is 3.48. The van der Waals surface area contributed by atoms with Crippen molar-refractivity contribution in [3.63, 3.8) is 0 Å². The van der Waals surface area contributed by atoms with E-state index in [9.17, 15) is 4.79 Å². The number of methoxy groups -OCH3 is 1. The number of hydrogen-bond acceptors (Lipinski definition) is 4. The van der Waals surface area contributed by atoms with Crippen molar-refractivity contribution in [3.05, 3.63) is 58.6 Å². The van der Waals surface area contributed by atoms with Crippen LogP contribution in [0.1, 0.15) is 29.3 Å². The lowest BCUT2D eigenvalue weighted by Gasteiger charge is -2.35. The van der Waals surface area contributed by atoms with Gasteiger partial charge in [0.15, 0.2) is 11.5 Å². The maximum atomic E-state index is 13.0. The second-order valence-corrected chi connectivity index (χ2v) is 7.61. The van der Waals surface area contributed by atoms with Gasteiger partial charge >= 0.3 is 0 Å². The molecular weight excluding hydrogens is 388 g/mol. The number of halogens is 1. The lowest BCUT2D eigenvalue weighted by Crippen LogP contribution is -2.49. The van der Waals surface area contributed by atoms with Crippen molar-refractivity contribution in [1.29, 1.82) is 0 Å². The molecule has 156 valence electrons. The summed E-state index contributed by atoms with van der Waals surface area (Å²) in [6, 6.07) is 13.9. The maximum absolute atomic E-state index is 13.0. The van der Waals surface area contributed by atoms with E-state index < -0.39 is 0 Å². The molecule has 0 aliphatic carbocycles. The van der Waals surface area contributed by atoms with E-state index >= 15 is 0 Å². The van der Waals surface area contributed by atoms with Gasteiger partial charge in [0.2, 0.25) is 0 Å². The average Bonchev–Trinajstić information content (AvgIpc) is 2.77. The SMILES string of the molecule is CCCOc1c(Cl)cc(C(=O)N2CCN(CCc3ccccc3)CC2)cc1OC. The summed E-state index contributed by atoms with van der Waals surface area (Å²) in [5.41, 5.74) is 1.88. The van der Waals surface area contributed by atoms with Gasteiger partial charge in [0.05, 0.1) is 18.7 Å². The van der Waals surface area contributed by atoms with Crippen LogP contribution in [0.4, 0.5) is 0 Å². The number of piperazine rings is 1. The third-order valence-electron chi connectivity index (χ3n) is 5.15. The molecule has 1 aliphatic rings. The Kier molecular flexibility index (Phi) is 7.78. The third kappa shape index (κ3) is 5.64. The molecule has 6 heteroatoms. The summed E-state index contributed by atoms with van der Waals surface area (Å²) >= 11 is 6.37. The van der Waals surface area contributed by atoms with Crippen LogP contribution in [0.5, 0.6) is 11.5 Å². The highest BCUT2D eigenvalue weighted by atomic mass is 35.5. The van der Waals surface area contributed by atoms with Gasteiger partial charge in [-0.15, -0.1) is 0 Å². The Morgan fingerprint density at radius 1 is 1.10 bits per heavy atom.